The highest BCUT2D eigenvalue weighted by atomic mass is 16.5. The minimum absolute atomic E-state index is 0.383. The fourth-order valence-corrected chi connectivity index (χ4v) is 5.95. The summed E-state index contributed by atoms with van der Waals surface area (Å²) in [5, 5.41) is 13.1. The van der Waals surface area contributed by atoms with Crippen molar-refractivity contribution in [2.75, 3.05) is 40.6 Å². The molecule has 242 valence electrons. The molecule has 1 aliphatic heterocycles. The third-order valence-electron chi connectivity index (χ3n) is 8.21. The highest BCUT2D eigenvalue weighted by molar-refractivity contribution is 6.11. The highest BCUT2D eigenvalue weighted by Crippen LogP contribution is 2.52. The van der Waals surface area contributed by atoms with E-state index in [9.17, 15) is 0 Å². The molecular weight excluding hydrogens is 604 g/mol. The molecule has 1 heterocycles. The van der Waals surface area contributed by atoms with E-state index in [1.54, 1.807) is 14.2 Å². The lowest BCUT2D eigenvalue weighted by atomic mass is 9.91. The van der Waals surface area contributed by atoms with Crippen LogP contribution in [0.1, 0.15) is 12.8 Å². The number of ether oxygens (including phenoxy) is 6. The standard InChI is InChI=1S/C40H36N2O6/c1-43-35-25-27-13-3-5-15-29(27)37-38-30-16-6-4-14-28(30)26-36(44-2)40(38)48-24-12-22-46-34-20-10-8-18-32(34)42-41-31-17-7-9-19-33(31)45-21-11-23-47-39(35)37/h3-10,13-20,25-26H,11-12,21-24H2,1-2H3. The van der Waals surface area contributed by atoms with Crippen molar-refractivity contribution >= 4 is 32.9 Å². The highest BCUT2D eigenvalue weighted by Gasteiger charge is 2.25. The first-order valence-electron chi connectivity index (χ1n) is 16.1. The quantitative estimate of drug-likeness (QED) is 0.187. The van der Waals surface area contributed by atoms with Gasteiger partial charge in [0, 0.05) is 24.0 Å². The molecular formula is C40H36N2O6. The smallest absolute Gasteiger partial charge is 0.169 e. The summed E-state index contributed by atoms with van der Waals surface area (Å²) >= 11 is 0. The molecule has 48 heavy (non-hydrogen) atoms. The van der Waals surface area contributed by atoms with Gasteiger partial charge in [0.25, 0.3) is 0 Å². The van der Waals surface area contributed by atoms with E-state index in [-0.39, 0.29) is 0 Å². The van der Waals surface area contributed by atoms with Crippen LogP contribution in [0.2, 0.25) is 0 Å². The molecule has 0 aromatic heterocycles. The summed E-state index contributed by atoms with van der Waals surface area (Å²) in [6, 6.07) is 35.7. The van der Waals surface area contributed by atoms with E-state index in [1.807, 2.05) is 84.9 Å². The van der Waals surface area contributed by atoms with E-state index in [1.165, 1.54) is 0 Å². The van der Waals surface area contributed by atoms with Crippen LogP contribution in [0.25, 0.3) is 32.7 Å². The zero-order valence-electron chi connectivity index (χ0n) is 27.0. The predicted octanol–water partition coefficient (Wildman–Crippen LogP) is 10.1. The second-order valence-electron chi connectivity index (χ2n) is 11.2. The first kappa shape index (κ1) is 30.9. The Kier molecular flexibility index (Phi) is 9.22. The van der Waals surface area contributed by atoms with Crippen molar-refractivity contribution in [3.05, 3.63) is 109 Å². The van der Waals surface area contributed by atoms with Crippen molar-refractivity contribution in [3.63, 3.8) is 0 Å². The molecule has 0 saturated heterocycles. The Hall–Kier alpha value is -5.76. The van der Waals surface area contributed by atoms with Crippen molar-refractivity contribution < 1.29 is 28.4 Å². The van der Waals surface area contributed by atoms with E-state index >= 15 is 0 Å². The van der Waals surface area contributed by atoms with E-state index in [0.717, 1.165) is 32.7 Å². The van der Waals surface area contributed by atoms with E-state index < -0.39 is 0 Å². The van der Waals surface area contributed by atoms with Gasteiger partial charge >= 0.3 is 0 Å². The maximum absolute atomic E-state index is 6.64. The lowest BCUT2D eigenvalue weighted by Crippen LogP contribution is -2.09. The van der Waals surface area contributed by atoms with Gasteiger partial charge in [0.2, 0.25) is 0 Å². The third-order valence-corrected chi connectivity index (χ3v) is 8.21. The molecule has 6 aromatic carbocycles. The maximum Gasteiger partial charge on any atom is 0.169 e. The molecule has 6 aromatic rings. The monoisotopic (exact) mass is 640 g/mol. The van der Waals surface area contributed by atoms with Crippen LogP contribution in [0.4, 0.5) is 11.4 Å². The molecule has 0 radical (unpaired) electrons. The molecule has 7 rings (SSSR count). The zero-order chi connectivity index (χ0) is 32.7. The Morgan fingerprint density at radius 1 is 0.479 bits per heavy atom. The van der Waals surface area contributed by atoms with Crippen molar-refractivity contribution in [2.24, 2.45) is 10.2 Å². The first-order chi connectivity index (χ1) is 23.7. The van der Waals surface area contributed by atoms with Gasteiger partial charge in [0.05, 0.1) is 40.6 Å². The lowest BCUT2D eigenvalue weighted by Gasteiger charge is -2.23. The van der Waals surface area contributed by atoms with E-state index in [4.69, 9.17) is 28.4 Å². The molecule has 0 amide bonds. The normalized spacial score (nSPS) is 13.7. The first-order valence-corrected chi connectivity index (χ1v) is 16.1. The van der Waals surface area contributed by atoms with Gasteiger partial charge in [-0.2, -0.15) is 0 Å². The van der Waals surface area contributed by atoms with Gasteiger partial charge in [0.15, 0.2) is 23.0 Å². The molecule has 0 spiro atoms. The summed E-state index contributed by atoms with van der Waals surface area (Å²) in [5.41, 5.74) is 3.02. The van der Waals surface area contributed by atoms with E-state index in [2.05, 4.69) is 34.5 Å². The van der Waals surface area contributed by atoms with Crippen molar-refractivity contribution in [3.8, 4) is 45.6 Å². The molecule has 8 heteroatoms. The number of hydrogen-bond acceptors (Lipinski definition) is 8. The SMILES string of the molecule is COc1cc2ccccc2c2c1OCCCOc1ccccc1N=Nc1ccccc1OCCCOc1c(OC)cc3ccccc3c1-2. The topological polar surface area (TPSA) is 80.1 Å². The number of fused-ring (bicyclic) bond motifs is 9. The van der Waals surface area contributed by atoms with Crippen molar-refractivity contribution in [1.29, 1.82) is 0 Å². The second-order valence-corrected chi connectivity index (χ2v) is 11.2. The Labute approximate surface area is 279 Å². The van der Waals surface area contributed by atoms with Crippen LogP contribution in [-0.4, -0.2) is 40.6 Å². The largest absolute Gasteiger partial charge is 0.493 e. The van der Waals surface area contributed by atoms with Crippen molar-refractivity contribution in [1.82, 2.24) is 0 Å². The number of nitrogens with zero attached hydrogens (tertiary/aromatic N) is 2. The van der Waals surface area contributed by atoms with Gasteiger partial charge in [-0.25, -0.2) is 0 Å². The third kappa shape index (κ3) is 6.29. The van der Waals surface area contributed by atoms with Crippen LogP contribution < -0.4 is 28.4 Å². The minimum atomic E-state index is 0.383. The molecule has 8 nitrogen and oxygen atoms in total. The molecule has 1 aliphatic rings. The Morgan fingerprint density at radius 3 is 1.33 bits per heavy atom. The number of methoxy groups -OCH3 is 2. The molecule has 0 atom stereocenters. The number of para-hydroxylation sites is 2. The van der Waals surface area contributed by atoms with E-state index in [0.29, 0.717) is 85.1 Å². The number of benzene rings is 6. The van der Waals surface area contributed by atoms with Gasteiger partial charge in [-0.05, 0) is 57.9 Å². The Morgan fingerprint density at radius 2 is 0.875 bits per heavy atom. The molecule has 0 aliphatic carbocycles. The van der Waals surface area contributed by atoms with Crippen molar-refractivity contribution in [2.45, 2.75) is 12.8 Å². The molecule has 0 N–H and O–H groups in total. The summed E-state index contributed by atoms with van der Waals surface area (Å²) in [5.74, 6) is 3.79. The second kappa shape index (κ2) is 14.3. The summed E-state index contributed by atoms with van der Waals surface area (Å²) in [7, 11) is 3.33. The summed E-state index contributed by atoms with van der Waals surface area (Å²) in [4.78, 5) is 0. The number of hydrogen-bond donors (Lipinski definition) is 0. The van der Waals surface area contributed by atoms with Crippen LogP contribution in [-0.2, 0) is 0 Å². The van der Waals surface area contributed by atoms with Crippen LogP contribution in [0, 0.1) is 0 Å². The fourth-order valence-electron chi connectivity index (χ4n) is 5.95. The lowest BCUT2D eigenvalue weighted by molar-refractivity contribution is 0.239. The van der Waals surface area contributed by atoms with Gasteiger partial charge in [0.1, 0.15) is 22.9 Å². The molecule has 0 fully saturated rings. The number of azo groups is 1. The fraction of sp³-hybridized carbons (Fsp3) is 0.200. The van der Waals surface area contributed by atoms with Crippen LogP contribution in [0.3, 0.4) is 0 Å². The minimum Gasteiger partial charge on any atom is -0.493 e. The Bertz CT molecular complexity index is 1940. The Balaban J connectivity index is 1.36. The molecule has 0 unspecified atom stereocenters. The average molecular weight is 641 g/mol. The zero-order valence-corrected chi connectivity index (χ0v) is 27.0. The number of rotatable bonds is 2. The predicted molar refractivity (Wildman–Crippen MR) is 188 cm³/mol. The average Bonchev–Trinajstić information content (AvgIpc) is 3.13. The maximum atomic E-state index is 6.64. The van der Waals surface area contributed by atoms with Crippen LogP contribution >= 0.6 is 0 Å². The summed E-state index contributed by atoms with van der Waals surface area (Å²) in [6.07, 6.45) is 1.22. The van der Waals surface area contributed by atoms with Crippen LogP contribution in [0.5, 0.6) is 34.5 Å². The van der Waals surface area contributed by atoms with Gasteiger partial charge < -0.3 is 28.4 Å². The van der Waals surface area contributed by atoms with Crippen LogP contribution in [0.15, 0.2) is 119 Å². The molecule has 0 bridgehead atoms. The molecule has 0 saturated carbocycles. The summed E-state index contributed by atoms with van der Waals surface area (Å²) in [6.45, 7) is 1.59. The van der Waals surface area contributed by atoms with Gasteiger partial charge in [-0.15, -0.1) is 10.2 Å². The van der Waals surface area contributed by atoms with Gasteiger partial charge in [-0.3, -0.25) is 0 Å². The van der Waals surface area contributed by atoms with Gasteiger partial charge in [-0.1, -0.05) is 72.8 Å². The summed E-state index contributed by atoms with van der Waals surface area (Å²) < 4.78 is 37.6.